The number of amides is 1. The van der Waals surface area contributed by atoms with Crippen molar-refractivity contribution in [3.8, 4) is 5.75 Å². The Kier molecular flexibility index (Phi) is 6.41. The van der Waals surface area contributed by atoms with Crippen molar-refractivity contribution in [1.82, 2.24) is 9.55 Å². The van der Waals surface area contributed by atoms with E-state index in [1.165, 1.54) is 27.7 Å². The van der Waals surface area contributed by atoms with Gasteiger partial charge in [0.25, 0.3) is 5.56 Å². The van der Waals surface area contributed by atoms with Crippen molar-refractivity contribution in [3.05, 3.63) is 45.1 Å². The number of anilines is 1. The van der Waals surface area contributed by atoms with Crippen LogP contribution < -0.4 is 15.6 Å². The lowest BCUT2D eigenvalue weighted by Gasteiger charge is -2.12. The smallest absolute Gasteiger partial charge is 0.262 e. The molecule has 0 bridgehead atoms. The second-order valence-corrected chi connectivity index (χ2v) is 8.55. The highest BCUT2D eigenvalue weighted by molar-refractivity contribution is 7.99. The van der Waals surface area contributed by atoms with Gasteiger partial charge in [0.15, 0.2) is 5.16 Å². The van der Waals surface area contributed by atoms with E-state index >= 15 is 0 Å². The van der Waals surface area contributed by atoms with E-state index in [2.05, 4.69) is 10.3 Å². The standard InChI is InChI=1S/C20H23N3O3S2/c1-5-10-26-15-9-7-6-8-14(15)21-16(24)11-27-20-22-18-17(19(25)23(20)4)12(2)13(3)28-18/h6-9H,5,10-11H2,1-4H3,(H,21,24). The van der Waals surface area contributed by atoms with Crippen molar-refractivity contribution in [2.24, 2.45) is 7.05 Å². The molecule has 2 heterocycles. The fraction of sp³-hybridized carbons (Fsp3) is 0.350. The van der Waals surface area contributed by atoms with Crippen molar-refractivity contribution >= 4 is 44.9 Å². The Labute approximate surface area is 171 Å². The fourth-order valence-electron chi connectivity index (χ4n) is 2.71. The molecule has 0 aliphatic heterocycles. The first-order valence-electron chi connectivity index (χ1n) is 9.03. The van der Waals surface area contributed by atoms with Gasteiger partial charge in [0.05, 0.1) is 23.4 Å². The first-order chi connectivity index (χ1) is 13.4. The molecule has 1 amide bonds. The third kappa shape index (κ3) is 4.23. The molecule has 148 valence electrons. The molecule has 0 saturated carbocycles. The van der Waals surface area contributed by atoms with E-state index in [0.717, 1.165) is 21.7 Å². The first-order valence-corrected chi connectivity index (χ1v) is 10.8. The number of carbonyl (C=O) groups is 1. The number of hydrogen-bond acceptors (Lipinski definition) is 6. The number of carbonyl (C=O) groups excluding carboxylic acids is 1. The molecule has 2 aromatic heterocycles. The summed E-state index contributed by atoms with van der Waals surface area (Å²) in [5.41, 5.74) is 1.54. The van der Waals surface area contributed by atoms with Gasteiger partial charge in [0.2, 0.25) is 5.91 Å². The summed E-state index contributed by atoms with van der Waals surface area (Å²) in [6.45, 7) is 6.55. The number of rotatable bonds is 7. The zero-order valence-corrected chi connectivity index (χ0v) is 18.0. The number of para-hydroxylation sites is 2. The fourth-order valence-corrected chi connectivity index (χ4v) is 4.55. The molecule has 0 aliphatic rings. The van der Waals surface area contributed by atoms with Crippen LogP contribution in [0.25, 0.3) is 10.2 Å². The van der Waals surface area contributed by atoms with E-state index in [1.54, 1.807) is 7.05 Å². The number of ether oxygens (including phenoxy) is 1. The highest BCUT2D eigenvalue weighted by atomic mass is 32.2. The van der Waals surface area contributed by atoms with Crippen molar-refractivity contribution in [2.75, 3.05) is 17.7 Å². The molecule has 1 N–H and O–H groups in total. The summed E-state index contributed by atoms with van der Waals surface area (Å²) >= 11 is 2.76. The van der Waals surface area contributed by atoms with Crippen LogP contribution >= 0.6 is 23.1 Å². The lowest BCUT2D eigenvalue weighted by molar-refractivity contribution is -0.113. The number of thiophene rings is 1. The Morgan fingerprint density at radius 3 is 2.82 bits per heavy atom. The molecule has 0 saturated heterocycles. The van der Waals surface area contributed by atoms with Crippen LogP contribution in [0.15, 0.2) is 34.2 Å². The number of aromatic nitrogens is 2. The lowest BCUT2D eigenvalue weighted by Crippen LogP contribution is -2.21. The molecule has 0 atom stereocenters. The maximum atomic E-state index is 12.7. The minimum atomic E-state index is -0.176. The third-order valence-corrected chi connectivity index (χ3v) is 6.46. The summed E-state index contributed by atoms with van der Waals surface area (Å²) < 4.78 is 7.18. The Morgan fingerprint density at radius 1 is 1.32 bits per heavy atom. The maximum absolute atomic E-state index is 12.7. The number of benzene rings is 1. The van der Waals surface area contributed by atoms with Gasteiger partial charge >= 0.3 is 0 Å². The Morgan fingerprint density at radius 2 is 2.07 bits per heavy atom. The van der Waals surface area contributed by atoms with Crippen LogP contribution in [0.5, 0.6) is 5.75 Å². The molecule has 3 rings (SSSR count). The van der Waals surface area contributed by atoms with Crippen LogP contribution in [0.3, 0.4) is 0 Å². The topological polar surface area (TPSA) is 73.2 Å². The van der Waals surface area contributed by atoms with Gasteiger partial charge in [-0.15, -0.1) is 11.3 Å². The Balaban J connectivity index is 1.74. The van der Waals surface area contributed by atoms with E-state index in [-0.39, 0.29) is 17.2 Å². The predicted octanol–water partition coefficient (Wildman–Crippen LogP) is 4.13. The molecule has 28 heavy (non-hydrogen) atoms. The summed E-state index contributed by atoms with van der Waals surface area (Å²) in [6, 6.07) is 7.36. The molecule has 0 fully saturated rings. The average Bonchev–Trinajstić information content (AvgIpc) is 2.96. The Bertz CT molecular complexity index is 1070. The summed E-state index contributed by atoms with van der Waals surface area (Å²) in [4.78, 5) is 31.5. The van der Waals surface area contributed by atoms with E-state index in [4.69, 9.17) is 4.74 Å². The quantitative estimate of drug-likeness (QED) is 0.462. The molecule has 1 aromatic carbocycles. The summed E-state index contributed by atoms with van der Waals surface area (Å²) in [5.74, 6) is 0.627. The normalized spacial score (nSPS) is 11.0. The van der Waals surface area contributed by atoms with Gasteiger partial charge in [-0.1, -0.05) is 30.8 Å². The van der Waals surface area contributed by atoms with Gasteiger partial charge in [0, 0.05) is 11.9 Å². The van der Waals surface area contributed by atoms with Crippen molar-refractivity contribution in [2.45, 2.75) is 32.3 Å². The van der Waals surface area contributed by atoms with Gasteiger partial charge in [-0.2, -0.15) is 0 Å². The molecule has 8 heteroatoms. The van der Waals surface area contributed by atoms with Crippen molar-refractivity contribution in [3.63, 3.8) is 0 Å². The third-order valence-electron chi connectivity index (χ3n) is 4.32. The summed E-state index contributed by atoms with van der Waals surface area (Å²) in [6.07, 6.45) is 0.891. The van der Waals surface area contributed by atoms with Gasteiger partial charge in [-0.05, 0) is 38.0 Å². The zero-order valence-electron chi connectivity index (χ0n) is 16.4. The molecular weight excluding hydrogens is 394 g/mol. The second-order valence-electron chi connectivity index (χ2n) is 6.40. The summed E-state index contributed by atoms with van der Waals surface area (Å²) in [7, 11) is 1.69. The van der Waals surface area contributed by atoms with E-state index in [1.807, 2.05) is 45.0 Å². The van der Waals surface area contributed by atoms with Gasteiger partial charge in [0.1, 0.15) is 10.6 Å². The molecule has 0 radical (unpaired) electrons. The van der Waals surface area contributed by atoms with E-state index in [9.17, 15) is 9.59 Å². The van der Waals surface area contributed by atoms with Gasteiger partial charge in [-0.25, -0.2) is 4.98 Å². The van der Waals surface area contributed by atoms with E-state index < -0.39 is 0 Å². The number of nitrogens with zero attached hydrogens (tertiary/aromatic N) is 2. The molecule has 3 aromatic rings. The number of nitrogens with one attached hydrogen (secondary N) is 1. The molecule has 0 spiro atoms. The lowest BCUT2D eigenvalue weighted by atomic mass is 10.2. The minimum absolute atomic E-state index is 0.0759. The van der Waals surface area contributed by atoms with Crippen LogP contribution in [0.1, 0.15) is 23.8 Å². The number of hydrogen-bond donors (Lipinski definition) is 1. The minimum Gasteiger partial charge on any atom is -0.491 e. The van der Waals surface area contributed by atoms with Crippen LogP contribution in [-0.4, -0.2) is 27.8 Å². The van der Waals surface area contributed by atoms with Crippen molar-refractivity contribution < 1.29 is 9.53 Å². The maximum Gasteiger partial charge on any atom is 0.262 e. The van der Waals surface area contributed by atoms with Crippen LogP contribution in [0.4, 0.5) is 5.69 Å². The predicted molar refractivity (Wildman–Crippen MR) is 116 cm³/mol. The highest BCUT2D eigenvalue weighted by Crippen LogP contribution is 2.28. The largest absolute Gasteiger partial charge is 0.491 e. The number of aryl methyl sites for hydroxylation is 2. The van der Waals surface area contributed by atoms with Crippen LogP contribution in [0.2, 0.25) is 0 Å². The molecule has 6 nitrogen and oxygen atoms in total. The van der Waals surface area contributed by atoms with Crippen LogP contribution in [0, 0.1) is 13.8 Å². The average molecular weight is 418 g/mol. The second kappa shape index (κ2) is 8.79. The number of fused-ring (bicyclic) bond motifs is 1. The summed E-state index contributed by atoms with van der Waals surface area (Å²) in [5, 5.41) is 4.08. The SMILES string of the molecule is CCCOc1ccccc1NC(=O)CSc1nc2sc(C)c(C)c2c(=O)n1C. The van der Waals surface area contributed by atoms with Gasteiger partial charge < -0.3 is 10.1 Å². The van der Waals surface area contributed by atoms with Crippen LogP contribution in [-0.2, 0) is 11.8 Å². The molecule has 0 aliphatic carbocycles. The van der Waals surface area contributed by atoms with Crippen molar-refractivity contribution in [1.29, 1.82) is 0 Å². The highest BCUT2D eigenvalue weighted by Gasteiger charge is 2.16. The molecule has 0 unspecified atom stereocenters. The Hall–Kier alpha value is -2.32. The van der Waals surface area contributed by atoms with E-state index in [0.29, 0.717) is 28.6 Å². The van der Waals surface area contributed by atoms with Gasteiger partial charge in [-0.3, -0.25) is 14.2 Å². The molecular formula is C20H23N3O3S2. The first kappa shape index (κ1) is 20.4. The monoisotopic (exact) mass is 417 g/mol. The zero-order chi connectivity index (χ0) is 20.3. The number of thioether (sulfide) groups is 1.